The molecule has 1 amide bonds. The fraction of sp³-hybridized carbons (Fsp3) is 0.300. The highest BCUT2D eigenvalue weighted by molar-refractivity contribution is 6.05. The highest BCUT2D eigenvalue weighted by Gasteiger charge is 2.20. The molecule has 3 rings (SSSR count). The van der Waals surface area contributed by atoms with E-state index in [-0.39, 0.29) is 16.9 Å². The first-order chi connectivity index (χ1) is 13.2. The Morgan fingerprint density at radius 1 is 1.21 bits per heavy atom. The summed E-state index contributed by atoms with van der Waals surface area (Å²) in [6.45, 7) is 8.07. The Kier molecular flexibility index (Phi) is 5.04. The lowest BCUT2D eigenvalue weighted by Gasteiger charge is -2.21. The van der Waals surface area contributed by atoms with E-state index in [9.17, 15) is 9.59 Å². The van der Waals surface area contributed by atoms with E-state index in [1.54, 1.807) is 14.0 Å². The van der Waals surface area contributed by atoms with Crippen LogP contribution in [0.25, 0.3) is 5.82 Å². The van der Waals surface area contributed by atoms with Gasteiger partial charge in [-0.2, -0.15) is 10.2 Å². The standard InChI is InChI=1S/C20H23N5O3/c1-12-14(11-21-25(12)17-8-9-18(26)24-23-17)19(27)22-15-10-13(20(2,3)4)6-7-16(15)28-5/h6-11H,1-5H3,(H,22,27)(H,24,26). The number of methoxy groups -OCH3 is 1. The molecule has 0 bridgehead atoms. The van der Waals surface area contributed by atoms with Gasteiger partial charge < -0.3 is 10.1 Å². The van der Waals surface area contributed by atoms with Crippen molar-refractivity contribution in [2.24, 2.45) is 0 Å². The van der Waals surface area contributed by atoms with E-state index in [1.165, 1.54) is 23.0 Å². The molecule has 2 heterocycles. The minimum atomic E-state index is -0.308. The zero-order valence-electron chi connectivity index (χ0n) is 16.5. The number of benzene rings is 1. The summed E-state index contributed by atoms with van der Waals surface area (Å²) >= 11 is 0. The van der Waals surface area contributed by atoms with Crippen molar-refractivity contribution in [3.05, 3.63) is 63.7 Å². The van der Waals surface area contributed by atoms with Crippen molar-refractivity contribution in [2.75, 3.05) is 12.4 Å². The molecule has 0 saturated carbocycles. The van der Waals surface area contributed by atoms with E-state index in [0.717, 1.165) is 5.56 Å². The highest BCUT2D eigenvalue weighted by atomic mass is 16.5. The quantitative estimate of drug-likeness (QED) is 0.723. The number of carbonyl (C=O) groups excluding carboxylic acids is 1. The number of aromatic amines is 1. The van der Waals surface area contributed by atoms with E-state index in [2.05, 4.69) is 41.4 Å². The van der Waals surface area contributed by atoms with Crippen LogP contribution in [0.15, 0.2) is 41.3 Å². The van der Waals surface area contributed by atoms with Gasteiger partial charge in [0.1, 0.15) is 5.75 Å². The molecule has 0 fully saturated rings. The van der Waals surface area contributed by atoms with Gasteiger partial charge in [-0.1, -0.05) is 26.8 Å². The van der Waals surface area contributed by atoms with Gasteiger partial charge in [0.25, 0.3) is 11.5 Å². The van der Waals surface area contributed by atoms with Crippen LogP contribution in [0.2, 0.25) is 0 Å². The van der Waals surface area contributed by atoms with Crippen molar-refractivity contribution in [3.63, 3.8) is 0 Å². The molecule has 0 saturated heterocycles. The minimum absolute atomic E-state index is 0.0670. The molecule has 8 nitrogen and oxygen atoms in total. The molecule has 8 heteroatoms. The maximum atomic E-state index is 12.9. The Balaban J connectivity index is 1.92. The Labute approximate surface area is 162 Å². The molecule has 0 unspecified atom stereocenters. The highest BCUT2D eigenvalue weighted by Crippen LogP contribution is 2.31. The number of amides is 1. The lowest BCUT2D eigenvalue weighted by Crippen LogP contribution is -2.16. The van der Waals surface area contributed by atoms with E-state index >= 15 is 0 Å². The summed E-state index contributed by atoms with van der Waals surface area (Å²) in [7, 11) is 1.56. The topological polar surface area (TPSA) is 102 Å². The van der Waals surface area contributed by atoms with Crippen LogP contribution in [-0.2, 0) is 5.41 Å². The van der Waals surface area contributed by atoms with Crippen LogP contribution in [-0.4, -0.2) is 33.0 Å². The molecule has 2 aromatic heterocycles. The molecule has 1 aromatic carbocycles. The second-order valence-electron chi connectivity index (χ2n) is 7.45. The second kappa shape index (κ2) is 7.30. The molecule has 146 valence electrons. The van der Waals surface area contributed by atoms with Gasteiger partial charge in [-0.05, 0) is 36.1 Å². The van der Waals surface area contributed by atoms with Crippen LogP contribution in [0.3, 0.4) is 0 Å². The molecule has 0 aliphatic rings. The zero-order valence-corrected chi connectivity index (χ0v) is 16.5. The van der Waals surface area contributed by atoms with E-state index < -0.39 is 0 Å². The Morgan fingerprint density at radius 2 is 1.96 bits per heavy atom. The third kappa shape index (κ3) is 3.80. The van der Waals surface area contributed by atoms with Crippen LogP contribution in [0.4, 0.5) is 5.69 Å². The van der Waals surface area contributed by atoms with Gasteiger partial charge in [0.05, 0.1) is 30.3 Å². The molecule has 0 atom stereocenters. The van der Waals surface area contributed by atoms with Crippen LogP contribution in [0.1, 0.15) is 42.4 Å². The summed E-state index contributed by atoms with van der Waals surface area (Å²) in [5.41, 5.74) is 2.29. The predicted octanol–water partition coefficient (Wildman–Crippen LogP) is 2.82. The summed E-state index contributed by atoms with van der Waals surface area (Å²) < 4.78 is 6.88. The third-order valence-corrected chi connectivity index (χ3v) is 4.45. The van der Waals surface area contributed by atoms with Crippen molar-refractivity contribution >= 4 is 11.6 Å². The zero-order chi connectivity index (χ0) is 20.5. The van der Waals surface area contributed by atoms with Gasteiger partial charge >= 0.3 is 0 Å². The van der Waals surface area contributed by atoms with Gasteiger partial charge in [-0.15, -0.1) is 0 Å². The van der Waals surface area contributed by atoms with Crippen LogP contribution < -0.4 is 15.6 Å². The van der Waals surface area contributed by atoms with Crippen molar-refractivity contribution in [3.8, 4) is 11.6 Å². The molecule has 0 radical (unpaired) electrons. The summed E-state index contributed by atoms with van der Waals surface area (Å²) in [6.07, 6.45) is 1.47. The maximum Gasteiger partial charge on any atom is 0.264 e. The molecule has 0 spiro atoms. The molecule has 0 aliphatic heterocycles. The number of nitrogens with zero attached hydrogens (tertiary/aromatic N) is 3. The Bertz CT molecular complexity index is 1060. The summed E-state index contributed by atoms with van der Waals surface area (Å²) in [5.74, 6) is 0.690. The first kappa shape index (κ1) is 19.3. The van der Waals surface area contributed by atoms with Gasteiger partial charge in [0.15, 0.2) is 5.82 Å². The third-order valence-electron chi connectivity index (χ3n) is 4.45. The van der Waals surface area contributed by atoms with Crippen LogP contribution in [0, 0.1) is 6.92 Å². The number of hydrogen-bond acceptors (Lipinski definition) is 5. The molecular weight excluding hydrogens is 358 g/mol. The average Bonchev–Trinajstić information content (AvgIpc) is 3.03. The number of aromatic nitrogens is 4. The van der Waals surface area contributed by atoms with E-state index in [4.69, 9.17) is 4.74 Å². The lowest BCUT2D eigenvalue weighted by atomic mass is 9.87. The number of nitrogens with one attached hydrogen (secondary N) is 2. The largest absolute Gasteiger partial charge is 0.495 e. The van der Waals surface area contributed by atoms with E-state index in [1.807, 2.05) is 18.2 Å². The number of carbonyl (C=O) groups is 1. The SMILES string of the molecule is COc1ccc(C(C)(C)C)cc1NC(=O)c1cnn(-c2ccc(=O)[nH]n2)c1C. The van der Waals surface area contributed by atoms with Crippen molar-refractivity contribution in [2.45, 2.75) is 33.1 Å². The average molecular weight is 381 g/mol. The fourth-order valence-electron chi connectivity index (χ4n) is 2.78. The Morgan fingerprint density at radius 3 is 2.57 bits per heavy atom. The minimum Gasteiger partial charge on any atom is -0.495 e. The van der Waals surface area contributed by atoms with Crippen LogP contribution in [0.5, 0.6) is 5.75 Å². The summed E-state index contributed by atoms with van der Waals surface area (Å²) in [4.78, 5) is 24.1. The smallest absolute Gasteiger partial charge is 0.264 e. The molecule has 28 heavy (non-hydrogen) atoms. The van der Waals surface area contributed by atoms with Crippen molar-refractivity contribution < 1.29 is 9.53 Å². The molecule has 0 aliphatic carbocycles. The number of H-pyrrole nitrogens is 1. The summed E-state index contributed by atoms with van der Waals surface area (Å²) in [6, 6.07) is 8.64. The van der Waals surface area contributed by atoms with Gasteiger partial charge in [-0.25, -0.2) is 9.78 Å². The summed E-state index contributed by atoms with van der Waals surface area (Å²) in [5, 5.41) is 13.4. The number of anilines is 1. The van der Waals surface area contributed by atoms with Crippen molar-refractivity contribution in [1.82, 2.24) is 20.0 Å². The van der Waals surface area contributed by atoms with Gasteiger partial charge in [-0.3, -0.25) is 9.59 Å². The molecule has 3 aromatic rings. The predicted molar refractivity (Wildman–Crippen MR) is 106 cm³/mol. The Hall–Kier alpha value is -3.42. The van der Waals surface area contributed by atoms with Crippen LogP contribution >= 0.6 is 0 Å². The number of hydrogen-bond donors (Lipinski definition) is 2. The maximum absolute atomic E-state index is 12.9. The van der Waals surface area contributed by atoms with Gasteiger partial charge in [0.2, 0.25) is 0 Å². The normalized spacial score (nSPS) is 11.3. The monoisotopic (exact) mass is 381 g/mol. The second-order valence-corrected chi connectivity index (χ2v) is 7.45. The molecular formula is C20H23N5O3. The first-order valence-corrected chi connectivity index (χ1v) is 8.81. The molecule has 2 N–H and O–H groups in total. The van der Waals surface area contributed by atoms with Gasteiger partial charge in [0, 0.05) is 6.07 Å². The number of ether oxygens (including phenoxy) is 1. The first-order valence-electron chi connectivity index (χ1n) is 8.81. The van der Waals surface area contributed by atoms with E-state index in [0.29, 0.717) is 28.5 Å². The van der Waals surface area contributed by atoms with Crippen molar-refractivity contribution in [1.29, 1.82) is 0 Å². The lowest BCUT2D eigenvalue weighted by molar-refractivity contribution is 0.102. The number of rotatable bonds is 4. The fourth-order valence-corrected chi connectivity index (χ4v) is 2.78.